The van der Waals surface area contributed by atoms with Gasteiger partial charge in [-0.1, -0.05) is 31.2 Å². The molecule has 108 valence electrons. The number of phenols is 1. The van der Waals surface area contributed by atoms with E-state index in [0.29, 0.717) is 5.56 Å². The number of anilines is 1. The summed E-state index contributed by atoms with van der Waals surface area (Å²) < 4.78 is 0. The number of carbonyl (C=O) groups excluding carboxylic acids is 1. The number of allylic oxidation sites excluding steroid dienone is 1. The van der Waals surface area contributed by atoms with E-state index in [0.717, 1.165) is 17.7 Å². The highest BCUT2D eigenvalue weighted by Crippen LogP contribution is 2.20. The summed E-state index contributed by atoms with van der Waals surface area (Å²) in [6, 6.07) is 12.7. The molecule has 0 spiro atoms. The lowest BCUT2D eigenvalue weighted by Crippen LogP contribution is -1.97. The molecule has 0 unspecified atom stereocenters. The van der Waals surface area contributed by atoms with Crippen LogP contribution >= 0.6 is 0 Å². The second-order valence-corrected chi connectivity index (χ2v) is 4.89. The molecule has 0 amide bonds. The van der Waals surface area contributed by atoms with Crippen molar-refractivity contribution in [2.24, 2.45) is 0 Å². The molecule has 2 aromatic carbocycles. The molecular weight excluding hydrogens is 262 g/mol. The second-order valence-electron chi connectivity index (χ2n) is 4.89. The van der Waals surface area contributed by atoms with Gasteiger partial charge in [0.1, 0.15) is 5.75 Å². The maximum atomic E-state index is 12.0. The van der Waals surface area contributed by atoms with Gasteiger partial charge < -0.3 is 10.4 Å². The van der Waals surface area contributed by atoms with Gasteiger partial charge in [-0.05, 0) is 42.7 Å². The zero-order chi connectivity index (χ0) is 15.2. The predicted molar refractivity (Wildman–Crippen MR) is 85.8 cm³/mol. The van der Waals surface area contributed by atoms with E-state index in [2.05, 4.69) is 12.2 Å². The number of benzene rings is 2. The highest BCUT2D eigenvalue weighted by Gasteiger charge is 2.01. The quantitative estimate of drug-likeness (QED) is 0.493. The first-order chi connectivity index (χ1) is 10.1. The molecule has 2 N–H and O–H groups in total. The molecule has 0 radical (unpaired) electrons. The molecule has 3 heteroatoms. The summed E-state index contributed by atoms with van der Waals surface area (Å²) in [7, 11) is 0. The van der Waals surface area contributed by atoms with Crippen LogP contribution in [0.5, 0.6) is 5.75 Å². The molecule has 0 bridgehead atoms. The van der Waals surface area contributed by atoms with Gasteiger partial charge in [-0.3, -0.25) is 4.79 Å². The molecule has 0 aliphatic rings. The molecule has 0 saturated carbocycles. The standard InChI is InChI=1S/C18H19NO2/c1-3-14-4-6-15(7-5-14)18(21)10-11-19-17-9-8-16(20)12-13(17)2/h4-12,19-20H,3H2,1-2H3. The molecule has 0 fully saturated rings. The molecule has 3 nitrogen and oxygen atoms in total. The fourth-order valence-electron chi connectivity index (χ4n) is 2.02. The lowest BCUT2D eigenvalue weighted by molar-refractivity contribution is 0.104. The number of ketones is 1. The Morgan fingerprint density at radius 3 is 2.52 bits per heavy atom. The van der Waals surface area contributed by atoms with E-state index < -0.39 is 0 Å². The molecule has 0 aromatic heterocycles. The van der Waals surface area contributed by atoms with Crippen LogP contribution in [0, 0.1) is 6.92 Å². The van der Waals surface area contributed by atoms with Gasteiger partial charge in [0.25, 0.3) is 0 Å². The van der Waals surface area contributed by atoms with Crippen LogP contribution in [0.2, 0.25) is 0 Å². The second kappa shape index (κ2) is 6.75. The largest absolute Gasteiger partial charge is 0.508 e. The zero-order valence-electron chi connectivity index (χ0n) is 12.3. The third kappa shape index (κ3) is 3.96. The lowest BCUT2D eigenvalue weighted by atomic mass is 10.1. The third-order valence-electron chi connectivity index (χ3n) is 3.33. The Labute approximate surface area is 124 Å². The van der Waals surface area contributed by atoms with E-state index in [1.54, 1.807) is 24.4 Å². The predicted octanol–water partition coefficient (Wildman–Crippen LogP) is 4.07. The molecule has 0 aliphatic heterocycles. The van der Waals surface area contributed by atoms with Crippen molar-refractivity contribution in [1.82, 2.24) is 0 Å². The van der Waals surface area contributed by atoms with E-state index in [9.17, 15) is 9.90 Å². The van der Waals surface area contributed by atoms with E-state index in [1.807, 2.05) is 31.2 Å². The lowest BCUT2D eigenvalue weighted by Gasteiger charge is -2.05. The van der Waals surface area contributed by atoms with E-state index >= 15 is 0 Å². The van der Waals surface area contributed by atoms with Crippen LogP contribution in [0.15, 0.2) is 54.7 Å². The van der Waals surface area contributed by atoms with Crippen LogP contribution in [0.25, 0.3) is 0 Å². The SMILES string of the molecule is CCc1ccc(C(=O)C=CNc2ccc(O)cc2C)cc1. The first-order valence-electron chi connectivity index (χ1n) is 6.96. The zero-order valence-corrected chi connectivity index (χ0v) is 12.3. The number of aromatic hydroxyl groups is 1. The number of rotatable bonds is 5. The summed E-state index contributed by atoms with van der Waals surface area (Å²) in [5.41, 5.74) is 3.67. The Morgan fingerprint density at radius 2 is 1.90 bits per heavy atom. The van der Waals surface area contributed by atoms with Crippen molar-refractivity contribution in [1.29, 1.82) is 0 Å². The Kier molecular flexibility index (Phi) is 4.77. The van der Waals surface area contributed by atoms with E-state index in [4.69, 9.17) is 0 Å². The van der Waals surface area contributed by atoms with E-state index in [1.165, 1.54) is 11.6 Å². The highest BCUT2D eigenvalue weighted by atomic mass is 16.3. The summed E-state index contributed by atoms with van der Waals surface area (Å²) >= 11 is 0. The molecule has 0 atom stereocenters. The van der Waals surface area contributed by atoms with Crippen molar-refractivity contribution in [3.05, 3.63) is 71.4 Å². The number of carbonyl (C=O) groups is 1. The highest BCUT2D eigenvalue weighted by molar-refractivity contribution is 6.04. The molecule has 0 aliphatic carbocycles. The van der Waals surface area contributed by atoms with Gasteiger partial charge in [0, 0.05) is 23.5 Å². The molecule has 0 heterocycles. The van der Waals surface area contributed by atoms with Crippen LogP contribution in [0.3, 0.4) is 0 Å². The van der Waals surface area contributed by atoms with Gasteiger partial charge in [-0.25, -0.2) is 0 Å². The molecular formula is C18H19NO2. The Hall–Kier alpha value is -2.55. The summed E-state index contributed by atoms with van der Waals surface area (Å²) in [4.78, 5) is 12.0. The topological polar surface area (TPSA) is 49.3 Å². The van der Waals surface area contributed by atoms with Gasteiger partial charge in [-0.15, -0.1) is 0 Å². The molecule has 21 heavy (non-hydrogen) atoms. The first-order valence-corrected chi connectivity index (χ1v) is 6.96. The van der Waals surface area contributed by atoms with Crippen molar-refractivity contribution < 1.29 is 9.90 Å². The molecule has 0 saturated heterocycles. The van der Waals surface area contributed by atoms with Crippen LogP contribution in [0.1, 0.15) is 28.4 Å². The molecule has 2 aromatic rings. The minimum Gasteiger partial charge on any atom is -0.508 e. The van der Waals surface area contributed by atoms with Gasteiger partial charge in [0.05, 0.1) is 0 Å². The van der Waals surface area contributed by atoms with Crippen molar-refractivity contribution >= 4 is 11.5 Å². The van der Waals surface area contributed by atoms with Crippen molar-refractivity contribution in [3.63, 3.8) is 0 Å². The average molecular weight is 281 g/mol. The number of nitrogens with one attached hydrogen (secondary N) is 1. The van der Waals surface area contributed by atoms with Crippen molar-refractivity contribution in [2.75, 3.05) is 5.32 Å². The fraction of sp³-hybridized carbons (Fsp3) is 0.167. The fourth-order valence-corrected chi connectivity index (χ4v) is 2.02. The Morgan fingerprint density at radius 1 is 1.19 bits per heavy atom. The number of phenolic OH excluding ortho intramolecular Hbond substituents is 1. The normalized spacial score (nSPS) is 10.8. The van der Waals surface area contributed by atoms with Crippen molar-refractivity contribution in [2.45, 2.75) is 20.3 Å². The van der Waals surface area contributed by atoms with Gasteiger partial charge >= 0.3 is 0 Å². The maximum absolute atomic E-state index is 12.0. The van der Waals surface area contributed by atoms with E-state index in [-0.39, 0.29) is 11.5 Å². The minimum absolute atomic E-state index is 0.0402. The number of aryl methyl sites for hydroxylation is 2. The number of hydrogen-bond donors (Lipinski definition) is 2. The summed E-state index contributed by atoms with van der Waals surface area (Å²) in [5.74, 6) is 0.190. The van der Waals surface area contributed by atoms with Crippen molar-refractivity contribution in [3.8, 4) is 5.75 Å². The van der Waals surface area contributed by atoms with Crippen LogP contribution in [-0.4, -0.2) is 10.9 Å². The number of hydrogen-bond acceptors (Lipinski definition) is 3. The van der Waals surface area contributed by atoms with Crippen LogP contribution in [-0.2, 0) is 6.42 Å². The summed E-state index contributed by atoms with van der Waals surface area (Å²) in [6.45, 7) is 3.97. The van der Waals surface area contributed by atoms with Crippen LogP contribution < -0.4 is 5.32 Å². The Bertz CT molecular complexity index is 657. The minimum atomic E-state index is -0.0402. The van der Waals surface area contributed by atoms with Gasteiger partial charge in [0.2, 0.25) is 0 Å². The smallest absolute Gasteiger partial charge is 0.187 e. The maximum Gasteiger partial charge on any atom is 0.187 e. The van der Waals surface area contributed by atoms with Gasteiger partial charge in [0.15, 0.2) is 5.78 Å². The van der Waals surface area contributed by atoms with Crippen LogP contribution in [0.4, 0.5) is 5.69 Å². The first kappa shape index (κ1) is 14.9. The average Bonchev–Trinajstić information content (AvgIpc) is 2.49. The summed E-state index contributed by atoms with van der Waals surface area (Å²) in [5, 5.41) is 12.4. The Balaban J connectivity index is 2.01. The monoisotopic (exact) mass is 281 g/mol. The third-order valence-corrected chi connectivity index (χ3v) is 3.33. The summed E-state index contributed by atoms with van der Waals surface area (Å²) in [6.07, 6.45) is 4.09. The molecule has 2 rings (SSSR count). The van der Waals surface area contributed by atoms with Gasteiger partial charge in [-0.2, -0.15) is 0 Å².